The van der Waals surface area contributed by atoms with Crippen molar-refractivity contribution in [2.75, 3.05) is 13.1 Å². The van der Waals surface area contributed by atoms with Gasteiger partial charge >= 0.3 is 0 Å². The smallest absolute Gasteiger partial charge is 0.00828 e. The van der Waals surface area contributed by atoms with E-state index in [-0.39, 0.29) is 0 Å². The highest BCUT2D eigenvalue weighted by Gasteiger charge is 2.27. The molecule has 2 aromatic rings. The summed E-state index contributed by atoms with van der Waals surface area (Å²) >= 11 is 1.98. The minimum Gasteiger partial charge on any atom is -0.316 e. The van der Waals surface area contributed by atoms with E-state index in [1.54, 1.807) is 4.88 Å². The number of hydrogen-bond donors (Lipinski definition) is 1. The third kappa shape index (κ3) is 3.07. The zero-order valence-corrected chi connectivity index (χ0v) is 12.2. The van der Waals surface area contributed by atoms with Gasteiger partial charge in [0.25, 0.3) is 0 Å². The van der Waals surface area contributed by atoms with Gasteiger partial charge in [0.1, 0.15) is 0 Å². The van der Waals surface area contributed by atoms with Crippen LogP contribution in [0.15, 0.2) is 42.5 Å². The maximum atomic E-state index is 3.57. The predicted octanol–water partition coefficient (Wildman–Crippen LogP) is 3.99. The van der Waals surface area contributed by atoms with Gasteiger partial charge in [-0.25, -0.2) is 0 Å². The minimum absolute atomic E-state index is 0.731. The normalized spacial score (nSPS) is 23.4. The Morgan fingerprint density at radius 3 is 2.74 bits per heavy atom. The number of nitrogens with one attached hydrogen (secondary N) is 1. The summed E-state index contributed by atoms with van der Waals surface area (Å²) in [4.78, 5) is 3.02. The lowest BCUT2D eigenvalue weighted by Gasteiger charge is -2.31. The zero-order valence-electron chi connectivity index (χ0n) is 11.4. The van der Waals surface area contributed by atoms with Crippen LogP contribution in [0.1, 0.15) is 27.7 Å². The van der Waals surface area contributed by atoms with Crippen molar-refractivity contribution in [1.82, 2.24) is 5.32 Å². The van der Waals surface area contributed by atoms with Gasteiger partial charge in [0, 0.05) is 9.75 Å². The van der Waals surface area contributed by atoms with Crippen LogP contribution >= 0.6 is 11.3 Å². The van der Waals surface area contributed by atoms with Gasteiger partial charge in [-0.05, 0) is 62.4 Å². The second kappa shape index (κ2) is 5.89. The number of thiophene rings is 1. The maximum absolute atomic E-state index is 3.57. The lowest BCUT2D eigenvalue weighted by molar-refractivity contribution is 0.327. The molecule has 1 aliphatic rings. The fourth-order valence-electron chi connectivity index (χ4n) is 3.08. The van der Waals surface area contributed by atoms with Crippen LogP contribution in [-0.2, 0) is 6.42 Å². The van der Waals surface area contributed by atoms with Gasteiger partial charge in [-0.1, -0.05) is 30.3 Å². The molecule has 1 nitrogen and oxygen atoms in total. The van der Waals surface area contributed by atoms with Crippen molar-refractivity contribution >= 4 is 11.3 Å². The lowest BCUT2D eigenvalue weighted by atomic mass is 9.81. The number of rotatable bonds is 3. The molecule has 2 unspecified atom stereocenters. The summed E-state index contributed by atoms with van der Waals surface area (Å²) in [6, 6.07) is 15.5. The average molecular weight is 271 g/mol. The highest BCUT2D eigenvalue weighted by atomic mass is 32.1. The summed E-state index contributed by atoms with van der Waals surface area (Å²) in [6.07, 6.45) is 2.47. The molecule has 2 heterocycles. The summed E-state index contributed by atoms with van der Waals surface area (Å²) < 4.78 is 0. The number of aryl methyl sites for hydroxylation is 1. The molecule has 0 aliphatic carbocycles. The molecule has 2 heteroatoms. The van der Waals surface area contributed by atoms with Gasteiger partial charge in [-0.2, -0.15) is 0 Å². The van der Waals surface area contributed by atoms with Gasteiger partial charge in [-0.15, -0.1) is 11.3 Å². The molecule has 0 bridgehead atoms. The fourth-order valence-corrected chi connectivity index (χ4v) is 4.19. The average Bonchev–Trinajstić information content (AvgIpc) is 2.87. The molecule has 1 saturated heterocycles. The standard InChI is InChI=1S/C17H21NS/c1-13-7-8-17(19-13)16-9-10-18-12-15(16)11-14-5-3-2-4-6-14/h2-8,15-16,18H,9-12H2,1H3. The van der Waals surface area contributed by atoms with Gasteiger partial charge in [-0.3, -0.25) is 0 Å². The summed E-state index contributed by atoms with van der Waals surface area (Å²) in [7, 11) is 0. The Balaban J connectivity index is 1.77. The first-order valence-electron chi connectivity index (χ1n) is 7.14. The molecule has 100 valence electrons. The van der Waals surface area contributed by atoms with Crippen LogP contribution in [0, 0.1) is 12.8 Å². The molecule has 0 spiro atoms. The topological polar surface area (TPSA) is 12.0 Å². The van der Waals surface area contributed by atoms with Gasteiger partial charge < -0.3 is 5.32 Å². The van der Waals surface area contributed by atoms with Crippen molar-refractivity contribution in [3.8, 4) is 0 Å². The Bertz CT molecular complexity index is 517. The van der Waals surface area contributed by atoms with E-state index in [1.165, 1.54) is 23.3 Å². The fraction of sp³-hybridized carbons (Fsp3) is 0.412. The molecule has 1 N–H and O–H groups in total. The van der Waals surface area contributed by atoms with E-state index in [1.807, 2.05) is 11.3 Å². The van der Waals surface area contributed by atoms with Gasteiger partial charge in [0.05, 0.1) is 0 Å². The first-order chi connectivity index (χ1) is 9.33. The van der Waals surface area contributed by atoms with E-state index in [4.69, 9.17) is 0 Å². The molecule has 1 aromatic heterocycles. The van der Waals surface area contributed by atoms with Crippen LogP contribution in [0.4, 0.5) is 0 Å². The molecule has 1 fully saturated rings. The van der Waals surface area contributed by atoms with Crippen LogP contribution in [-0.4, -0.2) is 13.1 Å². The molecule has 19 heavy (non-hydrogen) atoms. The molecule has 1 aromatic carbocycles. The Kier molecular flexibility index (Phi) is 4.00. The molecule has 0 amide bonds. The number of hydrogen-bond acceptors (Lipinski definition) is 2. The van der Waals surface area contributed by atoms with Gasteiger partial charge in [0.15, 0.2) is 0 Å². The van der Waals surface area contributed by atoms with Crippen LogP contribution in [0.3, 0.4) is 0 Å². The van der Waals surface area contributed by atoms with E-state index in [0.717, 1.165) is 24.9 Å². The summed E-state index contributed by atoms with van der Waals surface area (Å²) in [5.74, 6) is 1.47. The van der Waals surface area contributed by atoms with Crippen molar-refractivity contribution in [3.63, 3.8) is 0 Å². The van der Waals surface area contributed by atoms with E-state index < -0.39 is 0 Å². The molecular weight excluding hydrogens is 250 g/mol. The lowest BCUT2D eigenvalue weighted by Crippen LogP contribution is -2.36. The zero-order chi connectivity index (χ0) is 13.1. The van der Waals surface area contributed by atoms with Crippen LogP contribution in [0.25, 0.3) is 0 Å². The van der Waals surface area contributed by atoms with Crippen molar-refractivity contribution in [1.29, 1.82) is 0 Å². The second-order valence-electron chi connectivity index (χ2n) is 5.50. The van der Waals surface area contributed by atoms with Gasteiger partial charge in [0.2, 0.25) is 0 Å². The molecular formula is C17H21NS. The summed E-state index contributed by atoms with van der Waals surface area (Å²) in [5.41, 5.74) is 1.47. The monoisotopic (exact) mass is 271 g/mol. The molecule has 3 rings (SSSR count). The Labute approximate surface area is 119 Å². The van der Waals surface area contributed by atoms with E-state index in [9.17, 15) is 0 Å². The minimum atomic E-state index is 0.731. The van der Waals surface area contributed by atoms with Crippen LogP contribution in [0.5, 0.6) is 0 Å². The molecule has 0 radical (unpaired) electrons. The van der Waals surface area contributed by atoms with Crippen LogP contribution < -0.4 is 5.32 Å². The SMILES string of the molecule is Cc1ccc(C2CCNCC2Cc2ccccc2)s1. The van der Waals surface area contributed by atoms with Crippen molar-refractivity contribution < 1.29 is 0 Å². The number of benzene rings is 1. The van der Waals surface area contributed by atoms with E-state index in [0.29, 0.717) is 0 Å². The summed E-state index contributed by atoms with van der Waals surface area (Å²) in [6.45, 7) is 4.52. The highest BCUT2D eigenvalue weighted by Crippen LogP contribution is 2.36. The number of piperidine rings is 1. The van der Waals surface area contributed by atoms with E-state index >= 15 is 0 Å². The molecule has 0 saturated carbocycles. The third-order valence-corrected chi connectivity index (χ3v) is 5.21. The second-order valence-corrected chi connectivity index (χ2v) is 6.82. The Morgan fingerprint density at radius 2 is 2.00 bits per heavy atom. The largest absolute Gasteiger partial charge is 0.316 e. The molecule has 1 aliphatic heterocycles. The first kappa shape index (κ1) is 12.9. The highest BCUT2D eigenvalue weighted by molar-refractivity contribution is 7.12. The van der Waals surface area contributed by atoms with Crippen LogP contribution in [0.2, 0.25) is 0 Å². The van der Waals surface area contributed by atoms with Crippen molar-refractivity contribution in [3.05, 3.63) is 57.8 Å². The van der Waals surface area contributed by atoms with E-state index in [2.05, 4.69) is 54.7 Å². The summed E-state index contributed by atoms with van der Waals surface area (Å²) in [5, 5.41) is 3.57. The van der Waals surface area contributed by atoms with Crippen molar-refractivity contribution in [2.24, 2.45) is 5.92 Å². The predicted molar refractivity (Wildman–Crippen MR) is 82.9 cm³/mol. The molecule has 2 atom stereocenters. The van der Waals surface area contributed by atoms with Crippen molar-refractivity contribution in [2.45, 2.75) is 25.7 Å². The quantitative estimate of drug-likeness (QED) is 0.890. The Morgan fingerprint density at radius 1 is 1.16 bits per heavy atom. The first-order valence-corrected chi connectivity index (χ1v) is 7.95. The maximum Gasteiger partial charge on any atom is 0.00828 e. The third-order valence-electron chi connectivity index (χ3n) is 4.07. The Hall–Kier alpha value is -1.12.